The van der Waals surface area contributed by atoms with E-state index in [2.05, 4.69) is 9.47 Å². The summed E-state index contributed by atoms with van der Waals surface area (Å²) in [5, 5.41) is 3.35. The van der Waals surface area contributed by atoms with Crippen molar-refractivity contribution in [3.63, 3.8) is 0 Å². The molecule has 0 bridgehead atoms. The zero-order chi connectivity index (χ0) is 20.9. The van der Waals surface area contributed by atoms with Crippen molar-refractivity contribution in [3.8, 4) is 5.75 Å². The maximum atomic E-state index is 13.7. The molecule has 0 unspecified atom stereocenters. The number of carbonyl (C=O) groups is 2. The smallest absolute Gasteiger partial charge is 0.463 e. The van der Waals surface area contributed by atoms with Crippen LogP contribution in [0.25, 0.3) is 0 Å². The molecule has 2 N–H and O–H groups in total. The Morgan fingerprint density at radius 2 is 1.56 bits per heavy atom. The number of carbonyl (C=O) groups excluding carboxylic acids is 2. The van der Waals surface area contributed by atoms with Gasteiger partial charge in [0, 0.05) is 12.1 Å². The first-order valence-electron chi connectivity index (χ1n) is 7.53. The van der Waals surface area contributed by atoms with E-state index >= 15 is 0 Å². The van der Waals surface area contributed by atoms with Gasteiger partial charge in [0.25, 0.3) is 0 Å². The predicted octanol–water partition coefficient (Wildman–Crippen LogP) is 3.35. The van der Waals surface area contributed by atoms with E-state index in [1.807, 2.05) is 0 Å². The van der Waals surface area contributed by atoms with Gasteiger partial charge < -0.3 is 20.1 Å². The van der Waals surface area contributed by atoms with Gasteiger partial charge in [-0.3, -0.25) is 4.79 Å². The second-order valence-corrected chi connectivity index (χ2v) is 5.07. The van der Waals surface area contributed by atoms with Gasteiger partial charge in [-0.15, -0.1) is 13.2 Å². The Balaban J connectivity index is 3.26. The predicted molar refractivity (Wildman–Crippen MR) is 80.6 cm³/mol. The molecule has 152 valence electrons. The van der Waals surface area contributed by atoms with Gasteiger partial charge in [0.05, 0.1) is 6.61 Å². The molecule has 1 aromatic carbocycles. The van der Waals surface area contributed by atoms with Crippen LogP contribution in [0.3, 0.4) is 0 Å². The lowest BCUT2D eigenvalue weighted by Crippen LogP contribution is -2.69. The third kappa shape index (κ3) is 5.93. The van der Waals surface area contributed by atoms with E-state index in [0.717, 1.165) is 24.3 Å². The third-order valence-electron chi connectivity index (χ3n) is 3.07. The Hall–Kier alpha value is -2.66. The SMILES string of the molecule is CCOC(=O)[C@](NC(=O)CC)(Nc1ccc(OC(F)(F)F)cc1)C(F)(F)F. The molecule has 0 saturated heterocycles. The van der Waals surface area contributed by atoms with Crippen LogP contribution < -0.4 is 15.4 Å². The van der Waals surface area contributed by atoms with Gasteiger partial charge in [-0.25, -0.2) is 4.79 Å². The number of benzene rings is 1. The van der Waals surface area contributed by atoms with E-state index in [4.69, 9.17) is 0 Å². The number of ether oxygens (including phenoxy) is 2. The highest BCUT2D eigenvalue weighted by atomic mass is 19.4. The molecule has 0 spiro atoms. The number of nitrogens with one attached hydrogen (secondary N) is 2. The Labute approximate surface area is 149 Å². The van der Waals surface area contributed by atoms with Gasteiger partial charge >= 0.3 is 24.2 Å². The van der Waals surface area contributed by atoms with Crippen molar-refractivity contribution in [1.29, 1.82) is 0 Å². The summed E-state index contributed by atoms with van der Waals surface area (Å²) in [6, 6.07) is 3.12. The van der Waals surface area contributed by atoms with E-state index in [0.29, 0.717) is 0 Å². The van der Waals surface area contributed by atoms with Crippen LogP contribution in [0, 0.1) is 0 Å². The summed E-state index contributed by atoms with van der Waals surface area (Å²) in [6.07, 6.45) is -10.7. The monoisotopic (exact) mass is 402 g/mol. The van der Waals surface area contributed by atoms with Crippen molar-refractivity contribution >= 4 is 17.6 Å². The third-order valence-corrected chi connectivity index (χ3v) is 3.07. The summed E-state index contributed by atoms with van der Waals surface area (Å²) >= 11 is 0. The van der Waals surface area contributed by atoms with E-state index in [9.17, 15) is 35.9 Å². The summed E-state index contributed by atoms with van der Waals surface area (Å²) in [5.74, 6) is -3.61. The van der Waals surface area contributed by atoms with Crippen LogP contribution in [0.5, 0.6) is 5.75 Å². The molecule has 1 amide bonds. The van der Waals surface area contributed by atoms with Crippen LogP contribution in [0.4, 0.5) is 32.0 Å². The van der Waals surface area contributed by atoms with Crippen LogP contribution in [0.2, 0.25) is 0 Å². The number of amides is 1. The van der Waals surface area contributed by atoms with Crippen molar-refractivity contribution in [1.82, 2.24) is 5.32 Å². The van der Waals surface area contributed by atoms with Crippen molar-refractivity contribution in [2.24, 2.45) is 0 Å². The van der Waals surface area contributed by atoms with E-state index in [1.54, 1.807) is 10.6 Å². The van der Waals surface area contributed by atoms with Gasteiger partial charge in [-0.1, -0.05) is 6.92 Å². The van der Waals surface area contributed by atoms with Crippen LogP contribution in [0.1, 0.15) is 20.3 Å². The molecule has 6 nitrogen and oxygen atoms in total. The van der Waals surface area contributed by atoms with Crippen LogP contribution in [-0.4, -0.2) is 36.7 Å². The van der Waals surface area contributed by atoms with Gasteiger partial charge in [0.15, 0.2) is 0 Å². The van der Waals surface area contributed by atoms with Gasteiger partial charge in [-0.05, 0) is 31.2 Å². The second kappa shape index (κ2) is 8.35. The zero-order valence-electron chi connectivity index (χ0n) is 14.1. The Morgan fingerprint density at radius 1 is 1.00 bits per heavy atom. The van der Waals surface area contributed by atoms with Crippen molar-refractivity contribution < 1.29 is 45.4 Å². The summed E-state index contributed by atoms with van der Waals surface area (Å²) in [7, 11) is 0. The quantitative estimate of drug-likeness (QED) is 0.416. The molecule has 1 aromatic rings. The fourth-order valence-corrected chi connectivity index (χ4v) is 1.88. The topological polar surface area (TPSA) is 76.7 Å². The number of hydrogen-bond acceptors (Lipinski definition) is 5. The zero-order valence-corrected chi connectivity index (χ0v) is 14.1. The first-order chi connectivity index (χ1) is 12.3. The molecule has 1 rings (SSSR count). The maximum absolute atomic E-state index is 13.7. The lowest BCUT2D eigenvalue weighted by atomic mass is 10.1. The molecular weight excluding hydrogens is 386 g/mol. The number of rotatable bonds is 7. The van der Waals surface area contributed by atoms with Gasteiger partial charge in [0.2, 0.25) is 5.91 Å². The minimum atomic E-state index is -5.33. The molecule has 0 aromatic heterocycles. The highest BCUT2D eigenvalue weighted by Crippen LogP contribution is 2.34. The summed E-state index contributed by atoms with van der Waals surface area (Å²) in [4.78, 5) is 23.6. The summed E-state index contributed by atoms with van der Waals surface area (Å²) in [5.41, 5.74) is -4.03. The second-order valence-electron chi connectivity index (χ2n) is 5.07. The van der Waals surface area contributed by atoms with E-state index in [1.165, 1.54) is 13.8 Å². The lowest BCUT2D eigenvalue weighted by molar-refractivity contribution is -0.274. The fraction of sp³-hybridized carbons (Fsp3) is 0.467. The molecule has 1 atom stereocenters. The van der Waals surface area contributed by atoms with Crippen LogP contribution >= 0.6 is 0 Å². The van der Waals surface area contributed by atoms with Crippen LogP contribution in [0.15, 0.2) is 24.3 Å². The first kappa shape index (κ1) is 22.4. The number of esters is 1. The molecule has 0 heterocycles. The molecule has 0 aliphatic heterocycles. The Morgan fingerprint density at radius 3 is 1.96 bits per heavy atom. The fourth-order valence-electron chi connectivity index (χ4n) is 1.88. The minimum absolute atomic E-state index is 0.364. The molecule has 0 saturated carbocycles. The van der Waals surface area contributed by atoms with Gasteiger partial charge in [0.1, 0.15) is 5.75 Å². The van der Waals surface area contributed by atoms with Gasteiger partial charge in [-0.2, -0.15) is 13.2 Å². The molecule has 27 heavy (non-hydrogen) atoms. The number of halogens is 6. The molecule has 0 radical (unpaired) electrons. The summed E-state index contributed by atoms with van der Waals surface area (Å²) in [6.45, 7) is 2.13. The maximum Gasteiger partial charge on any atom is 0.573 e. The van der Waals surface area contributed by atoms with E-state index in [-0.39, 0.29) is 6.42 Å². The molecule has 0 fully saturated rings. The average Bonchev–Trinajstić information content (AvgIpc) is 2.53. The largest absolute Gasteiger partial charge is 0.573 e. The highest BCUT2D eigenvalue weighted by Gasteiger charge is 2.63. The van der Waals surface area contributed by atoms with Crippen molar-refractivity contribution in [2.75, 3.05) is 11.9 Å². The highest BCUT2D eigenvalue weighted by molar-refractivity contribution is 5.91. The number of hydrogen-bond donors (Lipinski definition) is 2. The normalized spacial score (nSPS) is 14.1. The average molecular weight is 402 g/mol. The number of alkyl halides is 6. The molecule has 0 aliphatic carbocycles. The first-order valence-corrected chi connectivity index (χ1v) is 7.53. The minimum Gasteiger partial charge on any atom is -0.463 e. The molecule has 0 aliphatic rings. The number of anilines is 1. The van der Waals surface area contributed by atoms with Crippen molar-refractivity contribution in [3.05, 3.63) is 24.3 Å². The lowest BCUT2D eigenvalue weighted by Gasteiger charge is -2.35. The standard InChI is InChI=1S/C15H16F6N2O4/c1-3-11(24)23-13(14(16,17)18,12(25)26-4-2)22-9-5-7-10(8-6-9)27-15(19,20)21/h5-8,22H,3-4H2,1-2H3,(H,23,24)/t13-/m1/s1. The summed E-state index contributed by atoms with van der Waals surface area (Å²) < 4.78 is 85.5. The van der Waals surface area contributed by atoms with Crippen LogP contribution in [-0.2, 0) is 14.3 Å². The Bertz CT molecular complexity index is 660. The van der Waals surface area contributed by atoms with Crippen molar-refractivity contribution in [2.45, 2.75) is 38.5 Å². The van der Waals surface area contributed by atoms with E-state index < -0.39 is 48.1 Å². The Kier molecular flexibility index (Phi) is 6.93. The molecular formula is C15H16F6N2O4. The molecule has 12 heteroatoms.